The molecule has 3 aromatic rings. The molecule has 0 aliphatic rings. The van der Waals surface area contributed by atoms with Gasteiger partial charge in [0.2, 0.25) is 5.91 Å². The van der Waals surface area contributed by atoms with Gasteiger partial charge >= 0.3 is 6.03 Å². The Hall–Kier alpha value is -3.32. The van der Waals surface area contributed by atoms with Crippen LogP contribution >= 0.6 is 11.6 Å². The highest BCUT2D eigenvalue weighted by Crippen LogP contribution is 2.29. The zero-order chi connectivity index (χ0) is 24.7. The van der Waals surface area contributed by atoms with Crippen molar-refractivity contribution in [3.8, 4) is 5.69 Å². The molecule has 0 atom stereocenters. The molecule has 0 aliphatic carbocycles. The molecular weight excluding hydrogens is 450 g/mol. The number of rotatable bonds is 8. The number of hydrogen-bond acceptors (Lipinski definition) is 3. The number of amides is 3. The maximum Gasteiger partial charge on any atom is 0.317 e. The van der Waals surface area contributed by atoms with Crippen molar-refractivity contribution < 1.29 is 9.59 Å². The zero-order valence-electron chi connectivity index (χ0n) is 20.1. The highest BCUT2D eigenvalue weighted by Gasteiger charge is 2.23. The lowest BCUT2D eigenvalue weighted by Crippen LogP contribution is -2.45. The van der Waals surface area contributed by atoms with Gasteiger partial charge in [0.1, 0.15) is 12.4 Å². The van der Waals surface area contributed by atoms with Crippen LogP contribution in [0.25, 0.3) is 5.69 Å². The highest BCUT2D eigenvalue weighted by atomic mass is 35.5. The average molecular weight is 482 g/mol. The molecule has 1 heterocycles. The summed E-state index contributed by atoms with van der Waals surface area (Å²) in [5, 5.41) is 11.0. The zero-order valence-corrected chi connectivity index (χ0v) is 20.9. The van der Waals surface area contributed by atoms with Gasteiger partial charge in [0.05, 0.1) is 16.4 Å². The molecule has 34 heavy (non-hydrogen) atoms. The van der Waals surface area contributed by atoms with Crippen LogP contribution in [-0.4, -0.2) is 46.3 Å². The number of nitrogens with zero attached hydrogens (tertiary/aromatic N) is 3. The number of benzene rings is 2. The van der Waals surface area contributed by atoms with E-state index in [0.29, 0.717) is 36.0 Å². The van der Waals surface area contributed by atoms with Gasteiger partial charge in [0, 0.05) is 24.6 Å². The van der Waals surface area contributed by atoms with Gasteiger partial charge in [-0.2, -0.15) is 5.10 Å². The number of halogens is 1. The van der Waals surface area contributed by atoms with Gasteiger partial charge in [-0.3, -0.25) is 4.79 Å². The Bertz CT molecular complexity index is 1120. The number of nitrogens with one attached hydrogen (secondary N) is 2. The first-order chi connectivity index (χ1) is 16.2. The molecule has 3 rings (SSSR count). The fourth-order valence-electron chi connectivity index (χ4n) is 3.42. The lowest BCUT2D eigenvalue weighted by atomic mass is 9.92. The van der Waals surface area contributed by atoms with Crippen molar-refractivity contribution in [3.63, 3.8) is 0 Å². The Morgan fingerprint density at radius 3 is 2.38 bits per heavy atom. The minimum Gasteiger partial charge on any atom is -0.338 e. The number of carbonyl (C=O) groups excluding carboxylic acids is 2. The van der Waals surface area contributed by atoms with Crippen LogP contribution < -0.4 is 10.6 Å². The van der Waals surface area contributed by atoms with E-state index in [1.165, 1.54) is 4.90 Å². The molecule has 180 valence electrons. The Labute approximate surface area is 206 Å². The van der Waals surface area contributed by atoms with Crippen LogP contribution in [-0.2, 0) is 16.6 Å². The first-order valence-electron chi connectivity index (χ1n) is 11.4. The summed E-state index contributed by atoms with van der Waals surface area (Å²) in [6.45, 7) is 8.83. The smallest absolute Gasteiger partial charge is 0.317 e. The van der Waals surface area contributed by atoms with E-state index >= 15 is 0 Å². The summed E-state index contributed by atoms with van der Waals surface area (Å²) < 4.78 is 1.64. The van der Waals surface area contributed by atoms with E-state index in [0.717, 1.165) is 11.3 Å². The van der Waals surface area contributed by atoms with Crippen LogP contribution in [0.2, 0.25) is 5.02 Å². The van der Waals surface area contributed by atoms with Crippen LogP contribution in [0.3, 0.4) is 0 Å². The third-order valence-corrected chi connectivity index (χ3v) is 5.61. The van der Waals surface area contributed by atoms with Gasteiger partial charge in [-0.1, -0.05) is 74.8 Å². The van der Waals surface area contributed by atoms with Crippen molar-refractivity contribution in [2.75, 3.05) is 25.0 Å². The van der Waals surface area contributed by atoms with Crippen LogP contribution in [0, 0.1) is 0 Å². The van der Waals surface area contributed by atoms with Gasteiger partial charge < -0.3 is 15.5 Å². The van der Waals surface area contributed by atoms with E-state index in [1.54, 1.807) is 10.7 Å². The van der Waals surface area contributed by atoms with E-state index in [2.05, 4.69) is 31.4 Å². The second-order valence-electron chi connectivity index (χ2n) is 9.07. The van der Waals surface area contributed by atoms with Crippen molar-refractivity contribution in [2.24, 2.45) is 0 Å². The minimum absolute atomic E-state index is 0.0861. The summed E-state index contributed by atoms with van der Waals surface area (Å²) in [5.41, 5.74) is 2.35. The number of anilines is 1. The molecule has 0 aliphatic heterocycles. The van der Waals surface area contributed by atoms with Gasteiger partial charge in [0.15, 0.2) is 0 Å². The monoisotopic (exact) mass is 481 g/mol. The maximum atomic E-state index is 13.1. The normalized spacial score (nSPS) is 11.2. The molecule has 8 heteroatoms. The predicted molar refractivity (Wildman–Crippen MR) is 137 cm³/mol. The third kappa shape index (κ3) is 6.60. The number of para-hydroxylation sites is 1. The first kappa shape index (κ1) is 25.3. The number of hydrogen-bond donors (Lipinski definition) is 2. The Kier molecular flexibility index (Phi) is 8.34. The average Bonchev–Trinajstić information content (AvgIpc) is 3.21. The second kappa shape index (κ2) is 11.2. The van der Waals surface area contributed by atoms with Crippen molar-refractivity contribution in [1.29, 1.82) is 0 Å². The summed E-state index contributed by atoms with van der Waals surface area (Å²) in [6.07, 6.45) is 0.650. The molecule has 0 spiro atoms. The maximum absolute atomic E-state index is 13.1. The molecule has 0 saturated heterocycles. The standard InChI is InChI=1S/C26H32ClN5O2/c1-5-28-25(34)31(16-15-19-11-7-6-8-12-19)18-24(33)29-23-17-22(26(2,3)4)30-32(23)21-14-10-9-13-20(21)27/h6-14,17H,5,15-16,18H2,1-4H3,(H,28,34)(H,29,33). The fraction of sp³-hybridized carbons (Fsp3) is 0.346. The molecule has 0 unspecified atom stereocenters. The summed E-state index contributed by atoms with van der Waals surface area (Å²) >= 11 is 6.42. The summed E-state index contributed by atoms with van der Waals surface area (Å²) in [6, 6.07) is 18.8. The second-order valence-corrected chi connectivity index (χ2v) is 9.48. The largest absolute Gasteiger partial charge is 0.338 e. The van der Waals surface area contributed by atoms with Gasteiger partial charge in [-0.15, -0.1) is 0 Å². The lowest BCUT2D eigenvalue weighted by Gasteiger charge is -2.22. The Morgan fingerprint density at radius 1 is 1.06 bits per heavy atom. The number of carbonyl (C=O) groups is 2. The highest BCUT2D eigenvalue weighted by molar-refractivity contribution is 6.32. The van der Waals surface area contributed by atoms with Crippen LogP contribution in [0.5, 0.6) is 0 Å². The summed E-state index contributed by atoms with van der Waals surface area (Å²) in [5.74, 6) is 0.190. The molecular formula is C26H32ClN5O2. The molecule has 1 aromatic heterocycles. The predicted octanol–water partition coefficient (Wildman–Crippen LogP) is 5.04. The molecule has 2 N–H and O–H groups in total. The third-order valence-electron chi connectivity index (χ3n) is 5.29. The number of urea groups is 1. The molecule has 3 amide bonds. The van der Waals surface area contributed by atoms with E-state index in [9.17, 15) is 9.59 Å². The molecule has 0 bridgehead atoms. The van der Waals surface area contributed by atoms with E-state index in [1.807, 2.05) is 61.5 Å². The minimum atomic E-state index is -0.312. The Balaban J connectivity index is 1.81. The molecule has 0 radical (unpaired) electrons. The van der Waals surface area contributed by atoms with E-state index in [-0.39, 0.29) is 23.9 Å². The summed E-state index contributed by atoms with van der Waals surface area (Å²) in [4.78, 5) is 27.2. The molecule has 2 aromatic carbocycles. The van der Waals surface area contributed by atoms with Gasteiger partial charge in [0.25, 0.3) is 0 Å². The fourth-order valence-corrected chi connectivity index (χ4v) is 3.64. The lowest BCUT2D eigenvalue weighted by molar-refractivity contribution is -0.116. The Morgan fingerprint density at radius 2 is 1.74 bits per heavy atom. The van der Waals surface area contributed by atoms with Crippen molar-refractivity contribution in [1.82, 2.24) is 20.0 Å². The molecule has 7 nitrogen and oxygen atoms in total. The van der Waals surface area contributed by atoms with Crippen LogP contribution in [0.15, 0.2) is 60.7 Å². The van der Waals surface area contributed by atoms with E-state index in [4.69, 9.17) is 16.7 Å². The number of aromatic nitrogens is 2. The van der Waals surface area contributed by atoms with Crippen molar-refractivity contribution >= 4 is 29.4 Å². The summed E-state index contributed by atoms with van der Waals surface area (Å²) in [7, 11) is 0. The molecule has 0 saturated carbocycles. The van der Waals surface area contributed by atoms with Crippen LogP contribution in [0.1, 0.15) is 39.0 Å². The SMILES string of the molecule is CCNC(=O)N(CCc1ccccc1)CC(=O)Nc1cc(C(C)(C)C)nn1-c1ccccc1Cl. The van der Waals surface area contributed by atoms with Gasteiger partial charge in [-0.25, -0.2) is 9.48 Å². The topological polar surface area (TPSA) is 79.3 Å². The van der Waals surface area contributed by atoms with Crippen LogP contribution in [0.4, 0.5) is 10.6 Å². The van der Waals surface area contributed by atoms with E-state index < -0.39 is 0 Å². The quantitative estimate of drug-likeness (QED) is 0.473. The first-order valence-corrected chi connectivity index (χ1v) is 11.8. The van der Waals surface area contributed by atoms with Crippen molar-refractivity contribution in [3.05, 3.63) is 76.9 Å². The molecule has 0 fully saturated rings. The van der Waals surface area contributed by atoms with Gasteiger partial charge in [-0.05, 0) is 31.0 Å². The van der Waals surface area contributed by atoms with Crippen molar-refractivity contribution in [2.45, 2.75) is 39.5 Å².